The number of ether oxygens (including phenoxy) is 1. The zero-order chi connectivity index (χ0) is 28.6. The van der Waals surface area contributed by atoms with E-state index < -0.39 is 27.3 Å². The molecule has 1 aliphatic heterocycles. The zero-order valence-electron chi connectivity index (χ0n) is 22.0. The highest BCUT2D eigenvalue weighted by atomic mass is 32.2. The number of H-pyrrole nitrogens is 1. The van der Waals surface area contributed by atoms with Gasteiger partial charge in [0, 0.05) is 37.4 Å². The summed E-state index contributed by atoms with van der Waals surface area (Å²) in [5.41, 5.74) is 8.46. The molecule has 1 aliphatic rings. The average molecular weight is 569 g/mol. The van der Waals surface area contributed by atoms with Gasteiger partial charge in [-0.15, -0.1) is 0 Å². The van der Waals surface area contributed by atoms with Gasteiger partial charge in [0.15, 0.2) is 5.82 Å². The van der Waals surface area contributed by atoms with Crippen LogP contribution in [0.3, 0.4) is 0 Å². The number of carbonyl (C=O) groups excluding carboxylic acids is 1. The van der Waals surface area contributed by atoms with E-state index in [1.54, 1.807) is 11.5 Å². The molecule has 4 aromatic rings. The Bertz CT molecular complexity index is 1750. The Morgan fingerprint density at radius 2 is 2.00 bits per heavy atom. The van der Waals surface area contributed by atoms with E-state index in [1.165, 1.54) is 23.5 Å². The predicted octanol–water partition coefficient (Wildman–Crippen LogP) is 2.65. The van der Waals surface area contributed by atoms with Gasteiger partial charge in [0.1, 0.15) is 17.1 Å². The number of aromatic nitrogens is 3. The first kappa shape index (κ1) is 27.3. The number of hydrogen-bond acceptors (Lipinski definition) is 7. The Morgan fingerprint density at radius 1 is 1.25 bits per heavy atom. The van der Waals surface area contributed by atoms with Crippen LogP contribution < -0.4 is 21.3 Å². The Hall–Kier alpha value is -4.23. The fourth-order valence-corrected chi connectivity index (χ4v) is 6.20. The number of rotatable bonds is 8. The lowest BCUT2D eigenvalue weighted by Crippen LogP contribution is -2.30. The molecule has 13 heteroatoms. The van der Waals surface area contributed by atoms with E-state index in [9.17, 15) is 22.4 Å². The van der Waals surface area contributed by atoms with E-state index in [0.717, 1.165) is 17.2 Å². The molecule has 40 heavy (non-hydrogen) atoms. The van der Waals surface area contributed by atoms with Gasteiger partial charge in [-0.25, -0.2) is 17.9 Å². The fraction of sp³-hybridized carbons (Fsp3) is 0.296. The number of hydrogen-bond donors (Lipinski definition) is 3. The number of anilines is 1. The summed E-state index contributed by atoms with van der Waals surface area (Å²) in [6, 6.07) is 10.8. The molecule has 1 fully saturated rings. The number of nitrogen functional groups attached to an aromatic ring is 1. The number of fused-ring (bicyclic) bond motifs is 1. The number of nitrogens with two attached hydrogens (primary N) is 1. The third-order valence-electron chi connectivity index (χ3n) is 7.18. The van der Waals surface area contributed by atoms with E-state index in [0.29, 0.717) is 29.4 Å². The number of carbonyl (C=O) groups is 1. The van der Waals surface area contributed by atoms with Gasteiger partial charge >= 0.3 is 0 Å². The van der Waals surface area contributed by atoms with Crippen LogP contribution in [0.2, 0.25) is 0 Å². The smallest absolute Gasteiger partial charge is 0.288 e. The van der Waals surface area contributed by atoms with Crippen LogP contribution in [0.1, 0.15) is 35.3 Å². The van der Waals surface area contributed by atoms with Gasteiger partial charge in [0.2, 0.25) is 10.0 Å². The van der Waals surface area contributed by atoms with Crippen LogP contribution >= 0.6 is 0 Å². The van der Waals surface area contributed by atoms with E-state index >= 15 is 0 Å². The van der Waals surface area contributed by atoms with Crippen LogP contribution in [0.15, 0.2) is 53.5 Å². The van der Waals surface area contributed by atoms with Crippen LogP contribution in [0, 0.1) is 5.82 Å². The lowest BCUT2D eigenvalue weighted by molar-refractivity contribution is 0.0947. The molecule has 2 aromatic heterocycles. The number of nitrogens with zero attached hydrogens (tertiary/aromatic N) is 3. The van der Waals surface area contributed by atoms with E-state index in [-0.39, 0.29) is 42.0 Å². The number of methoxy groups -OCH3 is 1. The summed E-state index contributed by atoms with van der Waals surface area (Å²) in [7, 11) is -1.95. The number of sulfonamides is 1. The number of aromatic amines is 1. The van der Waals surface area contributed by atoms with Crippen LogP contribution in [-0.4, -0.2) is 59.3 Å². The molecule has 0 saturated carbocycles. The first-order valence-corrected chi connectivity index (χ1v) is 14.3. The molecule has 210 valence electrons. The standard InChI is InChI=1S/C27H29FN6O5S/c1-3-40(37,38)33-11-10-19(14-33)34-15-21(23-24(34)27(36)32-31-25(23)29)17-6-4-16(5-7-17)13-30-26(35)20-12-18(28)8-9-22(20)39-2/h4-9,12,15,19H,3,10-11,13-14H2,1-2H3,(H2,29,31)(H,30,35)(H,32,36)/t19-/m1/s1. The van der Waals surface area contributed by atoms with Crippen molar-refractivity contribution in [3.05, 3.63) is 76.0 Å². The quantitative estimate of drug-likeness (QED) is 0.295. The Labute approximate surface area is 229 Å². The van der Waals surface area contributed by atoms with Gasteiger partial charge in [-0.2, -0.15) is 9.40 Å². The Balaban J connectivity index is 1.42. The van der Waals surface area contributed by atoms with Gasteiger partial charge in [-0.1, -0.05) is 24.3 Å². The maximum absolute atomic E-state index is 13.7. The van der Waals surface area contributed by atoms with Crippen LogP contribution in [0.25, 0.3) is 22.0 Å². The van der Waals surface area contributed by atoms with Crippen molar-refractivity contribution in [2.45, 2.75) is 25.9 Å². The van der Waals surface area contributed by atoms with Crippen molar-refractivity contribution in [3.63, 3.8) is 0 Å². The summed E-state index contributed by atoms with van der Waals surface area (Å²) in [6.07, 6.45) is 2.37. The molecule has 1 amide bonds. The Kier molecular flexibility index (Phi) is 7.34. The maximum Gasteiger partial charge on any atom is 0.288 e. The lowest BCUT2D eigenvalue weighted by Gasteiger charge is -2.16. The van der Waals surface area contributed by atoms with E-state index in [4.69, 9.17) is 10.5 Å². The zero-order valence-corrected chi connectivity index (χ0v) is 22.8. The number of amides is 1. The van der Waals surface area contributed by atoms with Gasteiger partial charge in [-0.05, 0) is 42.7 Å². The molecule has 1 atom stereocenters. The van der Waals surface area contributed by atoms with Crippen molar-refractivity contribution < 1.29 is 22.3 Å². The topological polar surface area (TPSA) is 152 Å². The van der Waals surface area contributed by atoms with E-state index in [1.807, 2.05) is 30.5 Å². The molecule has 11 nitrogen and oxygen atoms in total. The average Bonchev–Trinajstić information content (AvgIpc) is 3.61. The lowest BCUT2D eigenvalue weighted by atomic mass is 10.0. The fourth-order valence-electron chi connectivity index (χ4n) is 5.05. The molecular weight excluding hydrogens is 539 g/mol. The molecule has 4 N–H and O–H groups in total. The first-order chi connectivity index (χ1) is 19.1. The first-order valence-electron chi connectivity index (χ1n) is 12.7. The van der Waals surface area contributed by atoms with Crippen molar-refractivity contribution in [2.24, 2.45) is 0 Å². The van der Waals surface area contributed by atoms with E-state index in [2.05, 4.69) is 15.5 Å². The molecule has 0 spiro atoms. The van der Waals surface area contributed by atoms with Gasteiger partial charge in [0.25, 0.3) is 11.5 Å². The summed E-state index contributed by atoms with van der Waals surface area (Å²) in [5.74, 6) is -0.585. The SMILES string of the molecule is CCS(=O)(=O)N1CC[C@@H](n2cc(-c3ccc(CNC(=O)c4cc(F)ccc4OC)cc3)c3c(N)n[nH]c(=O)c32)C1. The molecular formula is C27H29FN6O5S. The Morgan fingerprint density at radius 3 is 2.70 bits per heavy atom. The maximum atomic E-state index is 13.7. The largest absolute Gasteiger partial charge is 0.496 e. The summed E-state index contributed by atoms with van der Waals surface area (Å²) < 4.78 is 46.9. The third kappa shape index (κ3) is 5.05. The van der Waals surface area contributed by atoms with Crippen LogP contribution in [0.4, 0.5) is 10.2 Å². The molecule has 0 radical (unpaired) electrons. The van der Waals surface area contributed by atoms with Gasteiger partial charge in [0.05, 0.1) is 23.8 Å². The summed E-state index contributed by atoms with van der Waals surface area (Å²) in [6.45, 7) is 2.43. The minimum Gasteiger partial charge on any atom is -0.496 e. The minimum atomic E-state index is -3.35. The normalized spacial score (nSPS) is 15.9. The number of halogens is 1. The predicted molar refractivity (Wildman–Crippen MR) is 149 cm³/mol. The highest BCUT2D eigenvalue weighted by Gasteiger charge is 2.33. The second-order valence-corrected chi connectivity index (χ2v) is 11.8. The van der Waals surface area contributed by atoms with Crippen molar-refractivity contribution in [2.75, 3.05) is 31.7 Å². The second kappa shape index (κ2) is 10.7. The van der Waals surface area contributed by atoms with Crippen LogP contribution in [-0.2, 0) is 16.6 Å². The van der Waals surface area contributed by atoms with Gasteiger partial charge in [-0.3, -0.25) is 9.59 Å². The second-order valence-electron chi connectivity index (χ2n) is 9.54. The molecule has 0 aliphatic carbocycles. The molecule has 5 rings (SSSR count). The number of benzene rings is 2. The van der Waals surface area contributed by atoms with Crippen molar-refractivity contribution in [1.29, 1.82) is 0 Å². The van der Waals surface area contributed by atoms with Crippen molar-refractivity contribution in [3.8, 4) is 16.9 Å². The molecule has 3 heterocycles. The summed E-state index contributed by atoms with van der Waals surface area (Å²) in [5, 5.41) is 9.63. The third-order valence-corrected chi connectivity index (χ3v) is 9.03. The van der Waals surface area contributed by atoms with Gasteiger partial charge < -0.3 is 20.4 Å². The molecule has 0 bridgehead atoms. The molecule has 2 aromatic carbocycles. The van der Waals surface area contributed by atoms with Crippen LogP contribution in [0.5, 0.6) is 5.75 Å². The summed E-state index contributed by atoms with van der Waals surface area (Å²) >= 11 is 0. The summed E-state index contributed by atoms with van der Waals surface area (Å²) in [4.78, 5) is 25.5. The van der Waals surface area contributed by atoms with Crippen molar-refractivity contribution in [1.82, 2.24) is 24.4 Å². The van der Waals surface area contributed by atoms with Crippen molar-refractivity contribution >= 4 is 32.7 Å². The highest BCUT2D eigenvalue weighted by Crippen LogP contribution is 2.36. The molecule has 1 saturated heterocycles. The number of nitrogens with one attached hydrogen (secondary N) is 2. The molecule has 0 unspecified atom stereocenters. The highest BCUT2D eigenvalue weighted by molar-refractivity contribution is 7.89. The minimum absolute atomic E-state index is 0.0113. The monoisotopic (exact) mass is 568 g/mol.